The molecule has 0 aromatic heterocycles. The first-order valence-electron chi connectivity index (χ1n) is 4.58. The molecule has 1 saturated heterocycles. The van der Waals surface area contributed by atoms with Crippen molar-refractivity contribution in [3.63, 3.8) is 0 Å². The molecule has 2 fully saturated rings. The second kappa shape index (κ2) is 2.94. The number of piperidine rings is 1. The van der Waals surface area contributed by atoms with Crippen LogP contribution in [-0.4, -0.2) is 18.9 Å². The van der Waals surface area contributed by atoms with Gasteiger partial charge in [0.2, 0.25) is 0 Å². The average molecular weight is 153 g/mol. The number of carbonyl (C=O) groups excluding carboxylic acids is 1. The fraction of sp³-hybridized carbons (Fsp3) is 0.889. The van der Waals surface area contributed by atoms with Crippen molar-refractivity contribution >= 4 is 5.78 Å². The van der Waals surface area contributed by atoms with Gasteiger partial charge in [-0.3, -0.25) is 4.79 Å². The summed E-state index contributed by atoms with van der Waals surface area (Å²) < 4.78 is 0. The summed E-state index contributed by atoms with van der Waals surface area (Å²) in [6.45, 7) is 2.27. The zero-order valence-electron chi connectivity index (χ0n) is 6.81. The predicted octanol–water partition coefficient (Wildman–Crippen LogP) is 0.965. The second-order valence-corrected chi connectivity index (χ2v) is 3.79. The summed E-state index contributed by atoms with van der Waals surface area (Å²) >= 11 is 0. The van der Waals surface area contributed by atoms with Crippen molar-refractivity contribution in [3.8, 4) is 0 Å². The van der Waals surface area contributed by atoms with Gasteiger partial charge in [0.05, 0.1) is 0 Å². The van der Waals surface area contributed by atoms with Crippen LogP contribution in [0.4, 0.5) is 0 Å². The van der Waals surface area contributed by atoms with Crippen molar-refractivity contribution < 1.29 is 4.79 Å². The molecular formula is C9H15NO. The van der Waals surface area contributed by atoms with Gasteiger partial charge < -0.3 is 5.32 Å². The molecule has 11 heavy (non-hydrogen) atoms. The number of fused-ring (bicyclic) bond motifs is 1. The van der Waals surface area contributed by atoms with E-state index in [9.17, 15) is 4.79 Å². The van der Waals surface area contributed by atoms with Gasteiger partial charge in [0.15, 0.2) is 0 Å². The molecule has 0 bridgehead atoms. The van der Waals surface area contributed by atoms with Gasteiger partial charge >= 0.3 is 0 Å². The van der Waals surface area contributed by atoms with Gasteiger partial charge in [0.1, 0.15) is 5.78 Å². The standard InChI is InChI=1S/C9H15NO/c11-9-2-1-8-6-10-4-3-7(8)5-9/h7-8,10H,1-6H2/t7-,8-/m1/s1. The highest BCUT2D eigenvalue weighted by atomic mass is 16.1. The van der Waals surface area contributed by atoms with Crippen LogP contribution in [0, 0.1) is 11.8 Å². The molecule has 2 nitrogen and oxygen atoms in total. The number of hydrogen-bond donors (Lipinski definition) is 1. The number of nitrogens with one attached hydrogen (secondary N) is 1. The molecule has 1 N–H and O–H groups in total. The number of carbonyl (C=O) groups is 1. The molecular weight excluding hydrogens is 138 g/mol. The highest BCUT2D eigenvalue weighted by Gasteiger charge is 2.30. The summed E-state index contributed by atoms with van der Waals surface area (Å²) in [4.78, 5) is 11.1. The van der Waals surface area contributed by atoms with E-state index in [1.807, 2.05) is 0 Å². The lowest BCUT2D eigenvalue weighted by Crippen LogP contribution is -2.40. The molecule has 0 amide bonds. The number of ketones is 1. The van der Waals surface area contributed by atoms with Crippen molar-refractivity contribution in [2.45, 2.75) is 25.7 Å². The summed E-state index contributed by atoms with van der Waals surface area (Å²) in [6, 6.07) is 0. The molecule has 0 unspecified atom stereocenters. The van der Waals surface area contributed by atoms with Gasteiger partial charge in [-0.25, -0.2) is 0 Å². The van der Waals surface area contributed by atoms with E-state index in [0.29, 0.717) is 5.78 Å². The first-order chi connectivity index (χ1) is 5.36. The maximum Gasteiger partial charge on any atom is 0.133 e. The van der Waals surface area contributed by atoms with Crippen LogP contribution >= 0.6 is 0 Å². The minimum atomic E-state index is 0.494. The normalized spacial score (nSPS) is 38.4. The molecule has 1 aliphatic heterocycles. The Labute approximate surface area is 67.4 Å². The Morgan fingerprint density at radius 2 is 2.18 bits per heavy atom. The van der Waals surface area contributed by atoms with E-state index < -0.39 is 0 Å². The van der Waals surface area contributed by atoms with E-state index in [1.165, 1.54) is 6.42 Å². The molecule has 2 rings (SSSR count). The van der Waals surface area contributed by atoms with Gasteiger partial charge in [-0.05, 0) is 37.8 Å². The monoisotopic (exact) mass is 153 g/mol. The van der Waals surface area contributed by atoms with Crippen LogP contribution in [-0.2, 0) is 4.79 Å². The Bertz CT molecular complexity index is 167. The molecule has 0 radical (unpaired) electrons. The minimum Gasteiger partial charge on any atom is -0.316 e. The highest BCUT2D eigenvalue weighted by molar-refractivity contribution is 5.79. The first-order valence-corrected chi connectivity index (χ1v) is 4.58. The Morgan fingerprint density at radius 1 is 1.27 bits per heavy atom. The molecule has 2 aliphatic rings. The largest absolute Gasteiger partial charge is 0.316 e. The third-order valence-corrected chi connectivity index (χ3v) is 3.05. The van der Waals surface area contributed by atoms with Gasteiger partial charge in [-0.2, -0.15) is 0 Å². The van der Waals surface area contributed by atoms with E-state index in [2.05, 4.69) is 5.32 Å². The Kier molecular flexibility index (Phi) is 1.95. The third kappa shape index (κ3) is 1.45. The number of rotatable bonds is 0. The summed E-state index contributed by atoms with van der Waals surface area (Å²) in [5.74, 6) is 2.02. The van der Waals surface area contributed by atoms with Crippen molar-refractivity contribution in [1.82, 2.24) is 5.32 Å². The lowest BCUT2D eigenvalue weighted by Gasteiger charge is -2.35. The maximum absolute atomic E-state index is 11.1. The lowest BCUT2D eigenvalue weighted by atomic mass is 9.75. The van der Waals surface area contributed by atoms with Gasteiger partial charge in [0, 0.05) is 12.8 Å². The zero-order chi connectivity index (χ0) is 7.68. The van der Waals surface area contributed by atoms with Crippen LogP contribution < -0.4 is 5.32 Å². The lowest BCUT2D eigenvalue weighted by molar-refractivity contribution is -0.123. The summed E-state index contributed by atoms with van der Waals surface area (Å²) in [6.07, 6.45) is 4.06. The minimum absolute atomic E-state index is 0.494. The van der Waals surface area contributed by atoms with Crippen LogP contribution in [0.1, 0.15) is 25.7 Å². The molecule has 1 heterocycles. The molecule has 1 aliphatic carbocycles. The van der Waals surface area contributed by atoms with Crippen LogP contribution in [0.25, 0.3) is 0 Å². The first kappa shape index (κ1) is 7.29. The van der Waals surface area contributed by atoms with E-state index in [0.717, 1.165) is 44.2 Å². The molecule has 1 saturated carbocycles. The molecule has 2 heteroatoms. The maximum atomic E-state index is 11.1. The summed E-state index contributed by atoms with van der Waals surface area (Å²) in [5, 5.41) is 3.39. The quantitative estimate of drug-likeness (QED) is 0.561. The molecule has 0 spiro atoms. The Hall–Kier alpha value is -0.370. The second-order valence-electron chi connectivity index (χ2n) is 3.79. The van der Waals surface area contributed by atoms with Gasteiger partial charge in [0.25, 0.3) is 0 Å². The smallest absolute Gasteiger partial charge is 0.133 e. The predicted molar refractivity (Wildman–Crippen MR) is 43.3 cm³/mol. The summed E-state index contributed by atoms with van der Waals surface area (Å²) in [7, 11) is 0. The van der Waals surface area contributed by atoms with Crippen LogP contribution in [0.5, 0.6) is 0 Å². The molecule has 2 atom stereocenters. The van der Waals surface area contributed by atoms with E-state index in [-0.39, 0.29) is 0 Å². The van der Waals surface area contributed by atoms with E-state index in [1.54, 1.807) is 0 Å². The van der Waals surface area contributed by atoms with Crippen LogP contribution in [0.3, 0.4) is 0 Å². The zero-order valence-corrected chi connectivity index (χ0v) is 6.81. The van der Waals surface area contributed by atoms with Crippen LogP contribution in [0.2, 0.25) is 0 Å². The van der Waals surface area contributed by atoms with Crippen molar-refractivity contribution in [2.24, 2.45) is 11.8 Å². The Balaban J connectivity index is 1.98. The van der Waals surface area contributed by atoms with E-state index >= 15 is 0 Å². The fourth-order valence-corrected chi connectivity index (χ4v) is 2.32. The number of hydrogen-bond acceptors (Lipinski definition) is 2. The highest BCUT2D eigenvalue weighted by Crippen LogP contribution is 2.31. The van der Waals surface area contributed by atoms with Crippen molar-refractivity contribution in [3.05, 3.63) is 0 Å². The molecule has 0 aromatic carbocycles. The van der Waals surface area contributed by atoms with Crippen molar-refractivity contribution in [2.75, 3.05) is 13.1 Å². The fourth-order valence-electron chi connectivity index (χ4n) is 2.32. The summed E-state index contributed by atoms with van der Waals surface area (Å²) in [5.41, 5.74) is 0. The van der Waals surface area contributed by atoms with Crippen LogP contribution in [0.15, 0.2) is 0 Å². The number of Topliss-reactive ketones (excluding diaryl/α,β-unsaturated/α-hetero) is 1. The van der Waals surface area contributed by atoms with Gasteiger partial charge in [-0.15, -0.1) is 0 Å². The van der Waals surface area contributed by atoms with Gasteiger partial charge in [-0.1, -0.05) is 0 Å². The van der Waals surface area contributed by atoms with E-state index in [4.69, 9.17) is 0 Å². The topological polar surface area (TPSA) is 29.1 Å². The molecule has 62 valence electrons. The third-order valence-electron chi connectivity index (χ3n) is 3.05. The molecule has 0 aromatic rings. The average Bonchev–Trinajstić information content (AvgIpc) is 2.04. The Morgan fingerprint density at radius 3 is 3.09 bits per heavy atom. The van der Waals surface area contributed by atoms with Crippen molar-refractivity contribution in [1.29, 1.82) is 0 Å². The SMILES string of the molecule is O=C1CC[C@@H]2CNCC[C@@H]2C1.